The van der Waals surface area contributed by atoms with Gasteiger partial charge in [-0.25, -0.2) is 14.4 Å². The maximum atomic E-state index is 15.3. The minimum atomic E-state index is -0.243. The number of aromatic nitrogens is 2. The lowest BCUT2D eigenvalue weighted by Gasteiger charge is -2.35. The molecule has 2 saturated heterocycles. The number of likely N-dealkylation sites (N-methyl/N-ethyl adjacent to an activating group) is 1. The van der Waals surface area contributed by atoms with Crippen molar-refractivity contribution in [3.8, 4) is 11.3 Å². The Labute approximate surface area is 226 Å². The minimum absolute atomic E-state index is 0.197. The number of benzene rings is 2. The van der Waals surface area contributed by atoms with E-state index in [-0.39, 0.29) is 11.7 Å². The van der Waals surface area contributed by atoms with E-state index in [0.717, 1.165) is 80.3 Å². The lowest BCUT2D eigenvalue weighted by atomic mass is 10.0. The fraction of sp³-hybridized carbons (Fsp3) is 0.379. The molecule has 3 aliphatic rings. The molecule has 1 amide bonds. The van der Waals surface area contributed by atoms with Crippen molar-refractivity contribution in [3.63, 3.8) is 0 Å². The zero-order chi connectivity index (χ0) is 26.1. The van der Waals surface area contributed by atoms with Gasteiger partial charge in [-0.1, -0.05) is 19.1 Å². The Kier molecular flexibility index (Phi) is 7.12. The predicted molar refractivity (Wildman–Crippen MR) is 153 cm³/mol. The average Bonchev–Trinajstić information content (AvgIpc) is 3.33. The van der Waals surface area contributed by atoms with Crippen LogP contribution in [0.3, 0.4) is 0 Å². The summed E-state index contributed by atoms with van der Waals surface area (Å²) in [5.74, 6) is -0.439. The van der Waals surface area contributed by atoms with E-state index in [9.17, 15) is 4.79 Å². The monoisotopic (exact) mass is 530 g/mol. The molecule has 1 aromatic heterocycles. The van der Waals surface area contributed by atoms with Crippen molar-refractivity contribution >= 4 is 45.5 Å². The average molecular weight is 531 g/mol. The molecule has 0 radical (unpaired) electrons. The fourth-order valence-corrected chi connectivity index (χ4v) is 6.34. The molecule has 0 saturated carbocycles. The Morgan fingerprint density at radius 1 is 0.947 bits per heavy atom. The Hall–Kier alpha value is -3.30. The smallest absolute Gasteiger partial charge is 0.286 e. The van der Waals surface area contributed by atoms with Gasteiger partial charge in [0.15, 0.2) is 5.17 Å². The second kappa shape index (κ2) is 10.8. The first-order chi connectivity index (χ1) is 18.6. The van der Waals surface area contributed by atoms with E-state index in [2.05, 4.69) is 36.6 Å². The summed E-state index contributed by atoms with van der Waals surface area (Å²) in [6.07, 6.45) is 6.90. The maximum Gasteiger partial charge on any atom is 0.286 e. The van der Waals surface area contributed by atoms with Gasteiger partial charge in [0.25, 0.3) is 5.91 Å². The summed E-state index contributed by atoms with van der Waals surface area (Å²) in [4.78, 5) is 33.2. The third-order valence-electron chi connectivity index (χ3n) is 7.57. The number of fused-ring (bicyclic) bond motifs is 1. The summed E-state index contributed by atoms with van der Waals surface area (Å²) in [5, 5.41) is 1.62. The van der Waals surface area contributed by atoms with Gasteiger partial charge in [-0.2, -0.15) is 4.99 Å². The van der Waals surface area contributed by atoms with Crippen molar-refractivity contribution in [2.75, 3.05) is 50.7 Å². The highest BCUT2D eigenvalue weighted by Crippen LogP contribution is 2.34. The number of hydrogen-bond donors (Lipinski definition) is 0. The van der Waals surface area contributed by atoms with Gasteiger partial charge in [-0.15, -0.1) is 0 Å². The molecule has 0 spiro atoms. The first kappa shape index (κ1) is 25.0. The highest BCUT2D eigenvalue weighted by molar-refractivity contribution is 8.18. The Morgan fingerprint density at radius 2 is 1.76 bits per heavy atom. The Bertz CT molecular complexity index is 1430. The normalized spacial score (nSPS) is 20.0. The standard InChI is InChI=1S/C29H31FN6OS/c1-2-34-12-14-35(15-13-34)25-9-7-21(18-23(25)30)27-22-16-20(6-8-24(22)31-19-32-27)17-26-28(37)33-29(38-26)36-10-4-3-5-11-36/h6-9,16-19H,2-5,10-15H2,1H3/b26-17-. The number of amides is 1. The number of carbonyl (C=O) groups excluding carboxylic acids is 1. The van der Waals surface area contributed by atoms with Crippen LogP contribution in [0.25, 0.3) is 28.2 Å². The van der Waals surface area contributed by atoms with Gasteiger partial charge in [0.1, 0.15) is 12.1 Å². The molecule has 0 N–H and O–H groups in total. The second-order valence-corrected chi connectivity index (χ2v) is 11.0. The van der Waals surface area contributed by atoms with Crippen LogP contribution < -0.4 is 4.90 Å². The molecule has 6 rings (SSSR count). The number of amidine groups is 1. The molecule has 38 heavy (non-hydrogen) atoms. The molecule has 196 valence electrons. The summed E-state index contributed by atoms with van der Waals surface area (Å²) >= 11 is 1.44. The number of likely N-dealkylation sites (tertiary alicyclic amines) is 1. The van der Waals surface area contributed by atoms with Crippen LogP contribution in [0.15, 0.2) is 52.6 Å². The molecule has 0 bridgehead atoms. The van der Waals surface area contributed by atoms with Gasteiger partial charge in [0, 0.05) is 50.2 Å². The van der Waals surface area contributed by atoms with Crippen LogP contribution in [0.2, 0.25) is 0 Å². The highest BCUT2D eigenvalue weighted by Gasteiger charge is 2.27. The maximum absolute atomic E-state index is 15.3. The third-order valence-corrected chi connectivity index (χ3v) is 8.62. The lowest BCUT2D eigenvalue weighted by molar-refractivity contribution is -0.113. The summed E-state index contributed by atoms with van der Waals surface area (Å²) < 4.78 is 15.3. The largest absolute Gasteiger partial charge is 0.367 e. The van der Waals surface area contributed by atoms with Crippen LogP contribution in [0.4, 0.5) is 10.1 Å². The van der Waals surface area contributed by atoms with Gasteiger partial charge >= 0.3 is 0 Å². The number of piperazine rings is 1. The first-order valence-electron chi connectivity index (χ1n) is 13.4. The fourth-order valence-electron chi connectivity index (χ4n) is 5.38. The minimum Gasteiger partial charge on any atom is -0.367 e. The SMILES string of the molecule is CCN1CCN(c2ccc(-c3ncnc4ccc(/C=C5\SC(N6CCCCC6)=NC5=O)cc34)cc2F)CC1. The van der Waals surface area contributed by atoms with Crippen LogP contribution in [0.1, 0.15) is 31.7 Å². The summed E-state index contributed by atoms with van der Waals surface area (Å²) in [6, 6.07) is 11.2. The van der Waals surface area contributed by atoms with Crippen LogP contribution >= 0.6 is 11.8 Å². The molecule has 0 atom stereocenters. The van der Waals surface area contributed by atoms with Crippen molar-refractivity contribution in [1.82, 2.24) is 19.8 Å². The summed E-state index contributed by atoms with van der Waals surface area (Å²) in [5.41, 5.74) is 3.65. The highest BCUT2D eigenvalue weighted by atomic mass is 32.2. The van der Waals surface area contributed by atoms with E-state index >= 15 is 4.39 Å². The van der Waals surface area contributed by atoms with Crippen molar-refractivity contribution < 1.29 is 9.18 Å². The first-order valence-corrected chi connectivity index (χ1v) is 14.2. The molecule has 4 heterocycles. The quantitative estimate of drug-likeness (QED) is 0.438. The van der Waals surface area contributed by atoms with E-state index in [0.29, 0.717) is 21.8 Å². The molecule has 3 aliphatic heterocycles. The molecule has 0 aliphatic carbocycles. The number of aliphatic imine (C=N–C) groups is 1. The van der Waals surface area contributed by atoms with Gasteiger partial charge in [-0.3, -0.25) is 4.79 Å². The van der Waals surface area contributed by atoms with Crippen molar-refractivity contribution in [2.45, 2.75) is 26.2 Å². The number of piperidine rings is 1. The van der Waals surface area contributed by atoms with Crippen LogP contribution in [0, 0.1) is 5.82 Å². The van der Waals surface area contributed by atoms with E-state index in [1.807, 2.05) is 36.4 Å². The van der Waals surface area contributed by atoms with Gasteiger partial charge in [0.05, 0.1) is 21.8 Å². The zero-order valence-electron chi connectivity index (χ0n) is 21.6. The van der Waals surface area contributed by atoms with E-state index < -0.39 is 0 Å². The number of anilines is 1. The molecule has 3 aromatic rings. The molecule has 7 nitrogen and oxygen atoms in total. The lowest BCUT2D eigenvalue weighted by Crippen LogP contribution is -2.46. The van der Waals surface area contributed by atoms with Gasteiger partial charge < -0.3 is 14.7 Å². The molecular formula is C29H31FN6OS. The van der Waals surface area contributed by atoms with E-state index in [1.54, 1.807) is 6.07 Å². The molecule has 0 unspecified atom stereocenters. The van der Waals surface area contributed by atoms with Gasteiger partial charge in [0.2, 0.25) is 0 Å². The number of rotatable bonds is 4. The number of thioether (sulfide) groups is 1. The molecule has 2 aromatic carbocycles. The van der Waals surface area contributed by atoms with Gasteiger partial charge in [-0.05, 0) is 73.5 Å². The Balaban J connectivity index is 1.27. The molecular weight excluding hydrogens is 499 g/mol. The number of halogens is 1. The number of hydrogen-bond acceptors (Lipinski definition) is 7. The molecule has 2 fully saturated rings. The third kappa shape index (κ3) is 5.05. The van der Waals surface area contributed by atoms with E-state index in [4.69, 9.17) is 0 Å². The predicted octanol–water partition coefficient (Wildman–Crippen LogP) is 5.03. The summed E-state index contributed by atoms with van der Waals surface area (Å²) in [6.45, 7) is 8.60. The molecule has 9 heteroatoms. The van der Waals surface area contributed by atoms with Crippen LogP contribution in [0.5, 0.6) is 0 Å². The van der Waals surface area contributed by atoms with Crippen molar-refractivity contribution in [2.24, 2.45) is 4.99 Å². The number of carbonyl (C=O) groups is 1. The van der Waals surface area contributed by atoms with Crippen molar-refractivity contribution in [1.29, 1.82) is 0 Å². The van der Waals surface area contributed by atoms with E-state index in [1.165, 1.54) is 24.5 Å². The second-order valence-electron chi connectivity index (χ2n) is 9.94. The summed E-state index contributed by atoms with van der Waals surface area (Å²) in [7, 11) is 0. The number of nitrogens with zero attached hydrogens (tertiary/aromatic N) is 6. The topological polar surface area (TPSA) is 64.9 Å². The zero-order valence-corrected chi connectivity index (χ0v) is 22.4. The van der Waals surface area contributed by atoms with Crippen LogP contribution in [-0.2, 0) is 4.79 Å². The van der Waals surface area contributed by atoms with Crippen molar-refractivity contribution in [3.05, 3.63) is 59.0 Å². The van der Waals surface area contributed by atoms with Crippen LogP contribution in [-0.4, -0.2) is 76.7 Å². The Morgan fingerprint density at radius 3 is 2.53 bits per heavy atom.